The first-order valence-corrected chi connectivity index (χ1v) is 6.42. The van der Waals surface area contributed by atoms with Crippen LogP contribution in [0.25, 0.3) is 0 Å². The lowest BCUT2D eigenvalue weighted by molar-refractivity contribution is -0.138. The average Bonchev–Trinajstić information content (AvgIpc) is 2.88. The van der Waals surface area contributed by atoms with Gasteiger partial charge in [-0.25, -0.2) is 8.78 Å². The van der Waals surface area contributed by atoms with E-state index in [-0.39, 0.29) is 24.8 Å². The molecule has 0 radical (unpaired) electrons. The first kappa shape index (κ1) is 12.7. The van der Waals surface area contributed by atoms with Crippen LogP contribution in [0.4, 0.5) is 8.78 Å². The van der Waals surface area contributed by atoms with Crippen molar-refractivity contribution in [2.45, 2.75) is 44.6 Å². The number of nitrogens with one attached hydrogen (secondary N) is 1. The van der Waals surface area contributed by atoms with Gasteiger partial charge in [-0.15, -0.1) is 0 Å². The smallest absolute Gasteiger partial charge is 0.248 e. The largest absolute Gasteiger partial charge is 0.338 e. The van der Waals surface area contributed by atoms with E-state index in [2.05, 4.69) is 5.32 Å². The lowest BCUT2D eigenvalue weighted by Crippen LogP contribution is -2.44. The molecule has 17 heavy (non-hydrogen) atoms. The summed E-state index contributed by atoms with van der Waals surface area (Å²) in [6.45, 7) is 4.24. The monoisotopic (exact) mass is 246 g/mol. The number of amides is 1. The number of halogens is 2. The minimum absolute atomic E-state index is 0.0709. The van der Waals surface area contributed by atoms with Gasteiger partial charge in [0.1, 0.15) is 0 Å². The molecule has 5 heteroatoms. The van der Waals surface area contributed by atoms with Gasteiger partial charge in [0, 0.05) is 37.9 Å². The molecule has 1 N–H and O–H groups in total. The molecule has 1 heterocycles. The fourth-order valence-corrected chi connectivity index (χ4v) is 2.89. The first-order chi connectivity index (χ1) is 8.03. The van der Waals surface area contributed by atoms with E-state index in [1.54, 1.807) is 4.90 Å². The molecule has 0 spiro atoms. The molecule has 1 saturated heterocycles. The van der Waals surface area contributed by atoms with Crippen molar-refractivity contribution in [1.29, 1.82) is 0 Å². The minimum Gasteiger partial charge on any atom is -0.338 e. The topological polar surface area (TPSA) is 32.3 Å². The summed E-state index contributed by atoms with van der Waals surface area (Å²) in [5, 5.41) is 3.21. The van der Waals surface area contributed by atoms with Crippen LogP contribution >= 0.6 is 0 Å². The highest BCUT2D eigenvalue weighted by atomic mass is 19.3. The van der Waals surface area contributed by atoms with E-state index in [1.807, 2.05) is 6.92 Å². The van der Waals surface area contributed by atoms with Crippen LogP contribution in [0.3, 0.4) is 0 Å². The second-order valence-electron chi connectivity index (χ2n) is 5.07. The molecule has 1 aliphatic carbocycles. The maximum Gasteiger partial charge on any atom is 0.248 e. The Morgan fingerprint density at radius 2 is 2.24 bits per heavy atom. The Morgan fingerprint density at radius 1 is 1.47 bits per heavy atom. The summed E-state index contributed by atoms with van der Waals surface area (Å²) in [6.07, 6.45) is 0.873. The number of likely N-dealkylation sites (N-methyl/N-ethyl adjacent to an activating group) is 1. The zero-order chi connectivity index (χ0) is 12.5. The number of nitrogens with zero attached hydrogens (tertiary/aromatic N) is 1. The quantitative estimate of drug-likeness (QED) is 0.821. The Kier molecular flexibility index (Phi) is 3.66. The number of rotatable bonds is 3. The summed E-state index contributed by atoms with van der Waals surface area (Å²) in [7, 11) is 0. The zero-order valence-electron chi connectivity index (χ0n) is 10.2. The molecule has 0 aromatic rings. The second kappa shape index (κ2) is 4.88. The van der Waals surface area contributed by atoms with Crippen LogP contribution in [0.2, 0.25) is 0 Å². The predicted octanol–water partition coefficient (Wildman–Crippen LogP) is 1.63. The molecule has 1 saturated carbocycles. The van der Waals surface area contributed by atoms with E-state index < -0.39 is 11.8 Å². The van der Waals surface area contributed by atoms with Crippen molar-refractivity contribution >= 4 is 5.91 Å². The van der Waals surface area contributed by atoms with E-state index in [9.17, 15) is 13.6 Å². The van der Waals surface area contributed by atoms with E-state index in [4.69, 9.17) is 0 Å². The predicted molar refractivity (Wildman–Crippen MR) is 60.9 cm³/mol. The summed E-state index contributed by atoms with van der Waals surface area (Å²) in [4.78, 5) is 14.0. The highest BCUT2D eigenvalue weighted by Crippen LogP contribution is 2.39. The molecule has 98 valence electrons. The van der Waals surface area contributed by atoms with Gasteiger partial charge in [0.25, 0.3) is 0 Å². The van der Waals surface area contributed by atoms with Gasteiger partial charge in [-0.05, 0) is 26.3 Å². The van der Waals surface area contributed by atoms with Crippen LogP contribution in [-0.2, 0) is 4.79 Å². The molecule has 3 nitrogen and oxygen atoms in total. The SMILES string of the molecule is CCN(C(=O)C1CCC(F)(F)C1)C1CCNC1. The highest BCUT2D eigenvalue weighted by molar-refractivity contribution is 5.79. The Morgan fingerprint density at radius 3 is 2.71 bits per heavy atom. The molecular formula is C12H20F2N2O. The maximum atomic E-state index is 13.1. The molecule has 2 atom stereocenters. The van der Waals surface area contributed by atoms with Gasteiger partial charge in [0.05, 0.1) is 0 Å². The van der Waals surface area contributed by atoms with Gasteiger partial charge in [-0.2, -0.15) is 0 Å². The lowest BCUT2D eigenvalue weighted by atomic mass is 10.0. The fourth-order valence-electron chi connectivity index (χ4n) is 2.89. The van der Waals surface area contributed by atoms with E-state index in [1.165, 1.54) is 0 Å². The summed E-state index contributed by atoms with van der Waals surface area (Å²) in [6, 6.07) is 0.196. The van der Waals surface area contributed by atoms with Gasteiger partial charge in [-0.1, -0.05) is 0 Å². The van der Waals surface area contributed by atoms with Crippen molar-refractivity contribution in [2.24, 2.45) is 5.92 Å². The molecule has 2 rings (SSSR count). The third-order valence-corrected chi connectivity index (χ3v) is 3.85. The van der Waals surface area contributed by atoms with Gasteiger partial charge < -0.3 is 10.2 Å². The van der Waals surface area contributed by atoms with Crippen LogP contribution in [0.1, 0.15) is 32.6 Å². The molecular weight excluding hydrogens is 226 g/mol. The van der Waals surface area contributed by atoms with Crippen LogP contribution in [0, 0.1) is 5.92 Å². The molecule has 0 aromatic heterocycles. The van der Waals surface area contributed by atoms with Crippen LogP contribution < -0.4 is 5.32 Å². The zero-order valence-corrected chi connectivity index (χ0v) is 10.2. The molecule has 2 fully saturated rings. The number of hydrogen-bond acceptors (Lipinski definition) is 2. The molecule has 2 unspecified atom stereocenters. The highest BCUT2D eigenvalue weighted by Gasteiger charge is 2.44. The molecule has 0 aromatic carbocycles. The number of carbonyl (C=O) groups is 1. The van der Waals surface area contributed by atoms with Gasteiger partial charge in [0.15, 0.2) is 0 Å². The summed E-state index contributed by atoms with van der Waals surface area (Å²) in [5.74, 6) is -3.17. The van der Waals surface area contributed by atoms with E-state index >= 15 is 0 Å². The Hall–Kier alpha value is -0.710. The van der Waals surface area contributed by atoms with Crippen molar-refractivity contribution in [2.75, 3.05) is 19.6 Å². The Bertz CT molecular complexity index is 290. The first-order valence-electron chi connectivity index (χ1n) is 6.42. The second-order valence-corrected chi connectivity index (χ2v) is 5.07. The fraction of sp³-hybridized carbons (Fsp3) is 0.917. The maximum absolute atomic E-state index is 13.1. The van der Waals surface area contributed by atoms with Crippen molar-refractivity contribution in [3.8, 4) is 0 Å². The number of alkyl halides is 2. The molecule has 2 aliphatic rings. The van der Waals surface area contributed by atoms with Gasteiger partial charge >= 0.3 is 0 Å². The molecule has 1 aliphatic heterocycles. The summed E-state index contributed by atoms with van der Waals surface area (Å²) in [5.41, 5.74) is 0. The third kappa shape index (κ3) is 2.76. The number of carbonyl (C=O) groups excluding carboxylic acids is 1. The van der Waals surface area contributed by atoms with E-state index in [0.717, 1.165) is 19.5 Å². The third-order valence-electron chi connectivity index (χ3n) is 3.85. The Labute approximate surface area is 101 Å². The van der Waals surface area contributed by atoms with Gasteiger partial charge in [0.2, 0.25) is 11.8 Å². The normalized spacial score (nSPS) is 31.7. The summed E-state index contributed by atoms with van der Waals surface area (Å²) < 4.78 is 26.2. The molecule has 0 bridgehead atoms. The van der Waals surface area contributed by atoms with Crippen molar-refractivity contribution < 1.29 is 13.6 Å². The number of hydrogen-bond donors (Lipinski definition) is 1. The molecule has 1 amide bonds. The Balaban J connectivity index is 1.97. The van der Waals surface area contributed by atoms with Crippen LogP contribution in [0.15, 0.2) is 0 Å². The van der Waals surface area contributed by atoms with Crippen LogP contribution in [-0.4, -0.2) is 42.4 Å². The minimum atomic E-state index is -2.63. The lowest BCUT2D eigenvalue weighted by Gasteiger charge is -2.29. The van der Waals surface area contributed by atoms with Crippen molar-refractivity contribution in [3.05, 3.63) is 0 Å². The van der Waals surface area contributed by atoms with Crippen molar-refractivity contribution in [3.63, 3.8) is 0 Å². The summed E-state index contributed by atoms with van der Waals surface area (Å²) >= 11 is 0. The average molecular weight is 246 g/mol. The van der Waals surface area contributed by atoms with Gasteiger partial charge in [-0.3, -0.25) is 4.79 Å². The van der Waals surface area contributed by atoms with Crippen LogP contribution in [0.5, 0.6) is 0 Å². The van der Waals surface area contributed by atoms with E-state index in [0.29, 0.717) is 13.0 Å². The van der Waals surface area contributed by atoms with Crippen molar-refractivity contribution in [1.82, 2.24) is 10.2 Å². The standard InChI is InChI=1S/C12H20F2N2O/c1-2-16(10-4-6-15-8-10)11(17)9-3-5-12(13,14)7-9/h9-10,15H,2-8H2,1H3.